The van der Waals surface area contributed by atoms with Crippen molar-refractivity contribution in [2.75, 3.05) is 38.9 Å². The van der Waals surface area contributed by atoms with Gasteiger partial charge in [-0.1, -0.05) is 0 Å². The van der Waals surface area contributed by atoms with Gasteiger partial charge in [-0.05, 0) is 0 Å². The minimum absolute atomic E-state index is 0.630. The van der Waals surface area contributed by atoms with Crippen molar-refractivity contribution in [3.8, 4) is 0 Å². The Morgan fingerprint density at radius 2 is 1.82 bits per heavy atom. The van der Waals surface area contributed by atoms with Gasteiger partial charge in [0.15, 0.2) is 0 Å². The average molecular weight is 237 g/mol. The van der Waals surface area contributed by atoms with E-state index >= 15 is 0 Å². The van der Waals surface area contributed by atoms with Gasteiger partial charge in [0.05, 0.1) is 0 Å². The zero-order chi connectivity index (χ0) is 7.47. The molecule has 0 spiro atoms. The van der Waals surface area contributed by atoms with Gasteiger partial charge in [-0.15, -0.1) is 0 Å². The summed E-state index contributed by atoms with van der Waals surface area (Å²) in [5, 5.41) is 0. The van der Waals surface area contributed by atoms with Crippen LogP contribution in [-0.4, -0.2) is 64.2 Å². The first-order valence-electron chi connectivity index (χ1n) is 4.09. The van der Waals surface area contributed by atoms with Gasteiger partial charge in [0.2, 0.25) is 0 Å². The third kappa shape index (κ3) is 1.09. The van der Waals surface area contributed by atoms with Gasteiger partial charge in [-0.2, -0.15) is 0 Å². The fraction of sp³-hybridized carbons (Fsp3) is 1.00. The Kier molecular flexibility index (Phi) is 1.45. The Morgan fingerprint density at radius 3 is 2.27 bits per heavy atom. The van der Waals surface area contributed by atoms with E-state index in [1.54, 1.807) is 4.90 Å². The fourth-order valence-corrected chi connectivity index (χ4v) is 8.98. The summed E-state index contributed by atoms with van der Waals surface area (Å²) >= 11 is 3.49. The molecule has 0 saturated carbocycles. The van der Waals surface area contributed by atoms with Crippen LogP contribution in [0.3, 0.4) is 0 Å². The van der Waals surface area contributed by atoms with Crippen LogP contribution in [0.15, 0.2) is 0 Å². The number of nitrogens with zero attached hydrogens (tertiary/aromatic N) is 2. The maximum atomic E-state index is 3.49. The molecular formula is C6H13N3PSe+. The SMILES string of the molecule is [Se-][P+]12CN3CN(C[NH+](C3)C1)C2. The molecule has 4 aliphatic heterocycles. The first kappa shape index (κ1) is 7.25. The van der Waals surface area contributed by atoms with E-state index in [1.165, 1.54) is 38.9 Å². The molecule has 2 unspecified atom stereocenters. The summed E-state index contributed by atoms with van der Waals surface area (Å²) in [6, 6.07) is 0. The van der Waals surface area contributed by atoms with Gasteiger partial charge in [0, 0.05) is 0 Å². The van der Waals surface area contributed by atoms with Gasteiger partial charge >= 0.3 is 75.1 Å². The van der Waals surface area contributed by atoms with Crippen LogP contribution < -0.4 is 4.90 Å². The summed E-state index contributed by atoms with van der Waals surface area (Å²) < 4.78 is 0. The predicted octanol–water partition coefficient (Wildman–Crippen LogP) is -1.64. The first-order valence-corrected chi connectivity index (χ1v) is 8.65. The summed E-state index contributed by atoms with van der Waals surface area (Å²) in [7, 11) is 0. The Balaban J connectivity index is 1.94. The number of rotatable bonds is 0. The van der Waals surface area contributed by atoms with Crippen molar-refractivity contribution in [3.63, 3.8) is 0 Å². The third-order valence-electron chi connectivity index (χ3n) is 2.72. The second kappa shape index (κ2) is 2.20. The van der Waals surface area contributed by atoms with Crippen LogP contribution in [0.1, 0.15) is 0 Å². The standard InChI is InChI=1S/C6H12N3PSe/c11-10-4-7-1-8(5-10)3-9(2-7)6-10/h1-6H2/p+1. The molecule has 4 fully saturated rings. The van der Waals surface area contributed by atoms with Crippen LogP contribution in [0.2, 0.25) is 0 Å². The Morgan fingerprint density at radius 1 is 1.18 bits per heavy atom. The van der Waals surface area contributed by atoms with Gasteiger partial charge in [0.25, 0.3) is 0 Å². The van der Waals surface area contributed by atoms with E-state index in [-0.39, 0.29) is 0 Å². The van der Waals surface area contributed by atoms with Gasteiger partial charge in [0.1, 0.15) is 0 Å². The van der Waals surface area contributed by atoms with Crippen LogP contribution in [0.4, 0.5) is 0 Å². The van der Waals surface area contributed by atoms with E-state index in [2.05, 4.69) is 25.4 Å². The van der Waals surface area contributed by atoms with Crippen molar-refractivity contribution in [3.05, 3.63) is 0 Å². The quantitative estimate of drug-likeness (QED) is 0.400. The normalized spacial score (nSPS) is 60.3. The van der Waals surface area contributed by atoms with Crippen LogP contribution >= 0.6 is 5.95 Å². The predicted molar refractivity (Wildman–Crippen MR) is 46.5 cm³/mol. The van der Waals surface area contributed by atoms with E-state index in [4.69, 9.17) is 0 Å². The molecule has 3 nitrogen and oxygen atoms in total. The van der Waals surface area contributed by atoms with Crippen LogP contribution in [0.25, 0.3) is 0 Å². The molecule has 0 aromatic rings. The number of hydrogen-bond acceptors (Lipinski definition) is 2. The van der Waals surface area contributed by atoms with Gasteiger partial charge in [-0.3, -0.25) is 0 Å². The minimum atomic E-state index is -0.630. The monoisotopic (exact) mass is 238 g/mol. The van der Waals surface area contributed by atoms with Crippen molar-refractivity contribution >= 4 is 21.5 Å². The molecule has 4 heterocycles. The van der Waals surface area contributed by atoms with Crippen LogP contribution in [0.5, 0.6) is 0 Å². The van der Waals surface area contributed by atoms with E-state index in [9.17, 15) is 0 Å². The third-order valence-corrected chi connectivity index (χ3v) is 7.84. The molecule has 0 aromatic carbocycles. The van der Waals surface area contributed by atoms with E-state index in [1.807, 2.05) is 0 Å². The van der Waals surface area contributed by atoms with E-state index in [0.29, 0.717) is 0 Å². The Labute approximate surface area is 75.5 Å². The molecule has 62 valence electrons. The molecule has 0 aromatic heterocycles. The number of nitrogens with one attached hydrogen (secondary N) is 1. The first-order chi connectivity index (χ1) is 5.23. The Bertz CT molecular complexity index is 163. The van der Waals surface area contributed by atoms with Gasteiger partial charge in [-0.25, -0.2) is 0 Å². The van der Waals surface area contributed by atoms with Gasteiger partial charge < -0.3 is 0 Å². The molecule has 0 amide bonds. The molecule has 5 heteroatoms. The maximum absolute atomic E-state index is 3.49. The molecule has 4 saturated heterocycles. The molecule has 11 heavy (non-hydrogen) atoms. The molecule has 4 rings (SSSR count). The second-order valence-electron chi connectivity index (χ2n) is 4.05. The van der Waals surface area contributed by atoms with Crippen LogP contribution in [0, 0.1) is 0 Å². The zero-order valence-corrected chi connectivity index (χ0v) is 9.10. The molecule has 0 radical (unpaired) electrons. The molecule has 1 N–H and O–H groups in total. The zero-order valence-electron chi connectivity index (χ0n) is 6.49. The second-order valence-corrected chi connectivity index (χ2v) is 11.9. The summed E-state index contributed by atoms with van der Waals surface area (Å²) in [4.78, 5) is 7.01. The Hall–Kier alpha value is 0.829. The van der Waals surface area contributed by atoms with Crippen molar-refractivity contribution in [1.82, 2.24) is 9.80 Å². The van der Waals surface area contributed by atoms with E-state index in [0.717, 1.165) is 0 Å². The molecule has 0 aliphatic carbocycles. The van der Waals surface area contributed by atoms with Crippen molar-refractivity contribution in [1.29, 1.82) is 0 Å². The van der Waals surface area contributed by atoms with Crippen molar-refractivity contribution in [2.45, 2.75) is 0 Å². The molecule has 2 atom stereocenters. The van der Waals surface area contributed by atoms with Crippen molar-refractivity contribution < 1.29 is 4.90 Å². The van der Waals surface area contributed by atoms with Crippen molar-refractivity contribution in [2.24, 2.45) is 0 Å². The fourth-order valence-electron chi connectivity index (χ4n) is 2.64. The average Bonchev–Trinajstić information content (AvgIpc) is 1.79. The number of hydrogen-bond donors (Lipinski definition) is 1. The molecular weight excluding hydrogens is 224 g/mol. The number of quaternary nitrogens is 1. The summed E-state index contributed by atoms with van der Waals surface area (Å²) in [6.07, 6.45) is 4.25. The summed E-state index contributed by atoms with van der Waals surface area (Å²) in [5.41, 5.74) is 0. The topological polar surface area (TPSA) is 10.9 Å². The molecule has 4 aliphatic rings. The summed E-state index contributed by atoms with van der Waals surface area (Å²) in [5.74, 6) is -0.630. The molecule has 4 bridgehead atoms. The van der Waals surface area contributed by atoms with E-state index < -0.39 is 5.95 Å². The van der Waals surface area contributed by atoms with Crippen LogP contribution in [-0.2, 0) is 0 Å². The summed E-state index contributed by atoms with van der Waals surface area (Å²) in [6.45, 7) is 3.85.